The van der Waals surface area contributed by atoms with Gasteiger partial charge < -0.3 is 0 Å². The summed E-state index contributed by atoms with van der Waals surface area (Å²) >= 11 is 0. The van der Waals surface area contributed by atoms with Crippen LogP contribution in [0.3, 0.4) is 0 Å². The van der Waals surface area contributed by atoms with E-state index in [2.05, 4.69) is 31.2 Å². The summed E-state index contributed by atoms with van der Waals surface area (Å²) in [5, 5.41) is 0. The Kier molecular flexibility index (Phi) is 2.16. The van der Waals surface area contributed by atoms with Gasteiger partial charge in [-0.05, 0) is 42.4 Å². The van der Waals surface area contributed by atoms with Crippen LogP contribution in [0.5, 0.6) is 0 Å². The van der Waals surface area contributed by atoms with E-state index in [-0.39, 0.29) is 0 Å². The first-order valence-electron chi connectivity index (χ1n) is 4.90. The molecule has 0 spiro atoms. The second-order valence-corrected chi connectivity index (χ2v) is 3.68. The van der Waals surface area contributed by atoms with E-state index < -0.39 is 0 Å². The molecule has 0 saturated heterocycles. The average Bonchev–Trinajstić information content (AvgIpc) is 2.88. The lowest BCUT2D eigenvalue weighted by atomic mass is 10.0. The summed E-state index contributed by atoms with van der Waals surface area (Å²) in [7, 11) is 0. The lowest BCUT2D eigenvalue weighted by Gasteiger charge is -2.01. The maximum Gasteiger partial charge on any atom is -0.0146 e. The second kappa shape index (κ2) is 3.30. The maximum atomic E-state index is 3.33. The fourth-order valence-corrected chi connectivity index (χ4v) is 1.61. The van der Waals surface area contributed by atoms with E-state index in [1.54, 1.807) is 0 Å². The van der Waals surface area contributed by atoms with Crippen LogP contribution in [-0.2, 0) is 6.42 Å². The van der Waals surface area contributed by atoms with Crippen LogP contribution in [0, 0.1) is 6.07 Å². The highest BCUT2D eigenvalue weighted by Gasteiger charge is 2.23. The lowest BCUT2D eigenvalue weighted by Crippen LogP contribution is -1.86. The van der Waals surface area contributed by atoms with Crippen molar-refractivity contribution in [2.24, 2.45) is 0 Å². The quantitative estimate of drug-likeness (QED) is 0.634. The molecule has 0 amide bonds. The largest absolute Gasteiger partial charge is 0.0651 e. The van der Waals surface area contributed by atoms with Gasteiger partial charge in [0.1, 0.15) is 0 Å². The van der Waals surface area contributed by atoms with Crippen LogP contribution < -0.4 is 0 Å². The van der Waals surface area contributed by atoms with Gasteiger partial charge in [-0.3, -0.25) is 0 Å². The summed E-state index contributed by atoms with van der Waals surface area (Å²) in [6.07, 6.45) is 5.22. The van der Waals surface area contributed by atoms with E-state index in [0.717, 1.165) is 5.92 Å². The van der Waals surface area contributed by atoms with Gasteiger partial charge in [0.05, 0.1) is 0 Å². The number of hydrogen-bond acceptors (Lipinski definition) is 0. The van der Waals surface area contributed by atoms with Gasteiger partial charge in [-0.15, -0.1) is 0 Å². The molecule has 2 rings (SSSR count). The first-order valence-corrected chi connectivity index (χ1v) is 4.90. The Morgan fingerprint density at radius 3 is 3.00 bits per heavy atom. The van der Waals surface area contributed by atoms with Crippen LogP contribution in [0.2, 0.25) is 0 Å². The molecule has 1 aliphatic carbocycles. The minimum atomic E-state index is 0.849. The SMILES string of the molecule is CCCc1cc[c]c(C2CC2)c1. The smallest absolute Gasteiger partial charge is 0.0146 e. The molecule has 63 valence electrons. The lowest BCUT2D eigenvalue weighted by molar-refractivity contribution is 0.916. The molecule has 1 aliphatic rings. The third-order valence-corrected chi connectivity index (χ3v) is 2.44. The number of hydrogen-bond donors (Lipinski definition) is 0. The topological polar surface area (TPSA) is 0 Å². The van der Waals surface area contributed by atoms with Crippen molar-refractivity contribution >= 4 is 0 Å². The van der Waals surface area contributed by atoms with Gasteiger partial charge >= 0.3 is 0 Å². The Bertz CT molecular complexity index is 258. The molecule has 1 radical (unpaired) electrons. The van der Waals surface area contributed by atoms with Crippen molar-refractivity contribution in [1.29, 1.82) is 0 Å². The normalized spacial score (nSPS) is 16.4. The molecule has 1 saturated carbocycles. The monoisotopic (exact) mass is 159 g/mol. The van der Waals surface area contributed by atoms with Crippen molar-refractivity contribution in [2.75, 3.05) is 0 Å². The minimum absolute atomic E-state index is 0.849. The molecule has 0 N–H and O–H groups in total. The molecule has 0 atom stereocenters. The van der Waals surface area contributed by atoms with E-state index >= 15 is 0 Å². The molecule has 1 fully saturated rings. The zero-order valence-electron chi connectivity index (χ0n) is 7.64. The van der Waals surface area contributed by atoms with Crippen molar-refractivity contribution in [3.63, 3.8) is 0 Å². The fraction of sp³-hybridized carbons (Fsp3) is 0.500. The van der Waals surface area contributed by atoms with Crippen LogP contribution in [0.25, 0.3) is 0 Å². The van der Waals surface area contributed by atoms with Crippen LogP contribution in [0.4, 0.5) is 0 Å². The van der Waals surface area contributed by atoms with E-state index in [1.807, 2.05) is 0 Å². The zero-order chi connectivity index (χ0) is 8.39. The molecule has 0 nitrogen and oxygen atoms in total. The molecular weight excluding hydrogens is 144 g/mol. The Morgan fingerprint density at radius 1 is 1.50 bits per heavy atom. The molecule has 0 unspecified atom stereocenters. The average molecular weight is 159 g/mol. The molecule has 0 aromatic heterocycles. The maximum absolute atomic E-state index is 3.33. The van der Waals surface area contributed by atoms with Gasteiger partial charge in [-0.25, -0.2) is 0 Å². The summed E-state index contributed by atoms with van der Waals surface area (Å²) in [5.41, 5.74) is 2.93. The molecule has 0 bridgehead atoms. The summed E-state index contributed by atoms with van der Waals surface area (Å²) in [6.45, 7) is 2.23. The number of aryl methyl sites for hydroxylation is 1. The highest BCUT2D eigenvalue weighted by molar-refractivity contribution is 5.28. The molecule has 1 aromatic rings. The van der Waals surface area contributed by atoms with Gasteiger partial charge in [-0.2, -0.15) is 0 Å². The Balaban J connectivity index is 2.15. The Morgan fingerprint density at radius 2 is 2.33 bits per heavy atom. The Hall–Kier alpha value is -0.780. The van der Waals surface area contributed by atoms with Crippen LogP contribution in [0.1, 0.15) is 43.2 Å². The summed E-state index contributed by atoms with van der Waals surface area (Å²) in [5.74, 6) is 0.849. The molecular formula is C12H15. The van der Waals surface area contributed by atoms with Crippen molar-refractivity contribution in [1.82, 2.24) is 0 Å². The molecule has 12 heavy (non-hydrogen) atoms. The van der Waals surface area contributed by atoms with Crippen molar-refractivity contribution < 1.29 is 0 Å². The van der Waals surface area contributed by atoms with Gasteiger partial charge in [0, 0.05) is 0 Å². The molecule has 0 heteroatoms. The first-order chi connectivity index (χ1) is 5.90. The van der Waals surface area contributed by atoms with Crippen molar-refractivity contribution in [2.45, 2.75) is 38.5 Å². The van der Waals surface area contributed by atoms with E-state index in [0.29, 0.717) is 0 Å². The van der Waals surface area contributed by atoms with Crippen molar-refractivity contribution in [3.8, 4) is 0 Å². The summed E-state index contributed by atoms with van der Waals surface area (Å²) < 4.78 is 0. The van der Waals surface area contributed by atoms with E-state index in [1.165, 1.54) is 36.8 Å². The van der Waals surface area contributed by atoms with Crippen LogP contribution in [0.15, 0.2) is 18.2 Å². The fourth-order valence-electron chi connectivity index (χ4n) is 1.61. The van der Waals surface area contributed by atoms with Crippen LogP contribution in [-0.4, -0.2) is 0 Å². The number of rotatable bonds is 3. The second-order valence-electron chi connectivity index (χ2n) is 3.68. The summed E-state index contributed by atoms with van der Waals surface area (Å²) in [4.78, 5) is 0. The Labute approximate surface area is 74.6 Å². The van der Waals surface area contributed by atoms with Crippen LogP contribution >= 0.6 is 0 Å². The molecule has 0 aliphatic heterocycles. The molecule has 0 heterocycles. The zero-order valence-corrected chi connectivity index (χ0v) is 7.64. The minimum Gasteiger partial charge on any atom is -0.0651 e. The molecule has 1 aromatic carbocycles. The van der Waals surface area contributed by atoms with Gasteiger partial charge in [0.25, 0.3) is 0 Å². The third-order valence-electron chi connectivity index (χ3n) is 2.44. The van der Waals surface area contributed by atoms with E-state index in [4.69, 9.17) is 0 Å². The van der Waals surface area contributed by atoms with Gasteiger partial charge in [0.2, 0.25) is 0 Å². The van der Waals surface area contributed by atoms with Gasteiger partial charge in [0.15, 0.2) is 0 Å². The first kappa shape index (κ1) is 7.85. The standard InChI is InChI=1S/C12H15/c1-2-4-10-5-3-6-12(9-10)11-7-8-11/h3,5,9,11H,2,4,7-8H2,1H3. The highest BCUT2D eigenvalue weighted by atomic mass is 14.3. The van der Waals surface area contributed by atoms with Gasteiger partial charge in [-0.1, -0.05) is 31.5 Å². The highest BCUT2D eigenvalue weighted by Crippen LogP contribution is 2.39. The third kappa shape index (κ3) is 1.69. The predicted molar refractivity (Wildman–Crippen MR) is 51.2 cm³/mol. The van der Waals surface area contributed by atoms with E-state index in [9.17, 15) is 0 Å². The predicted octanol–water partition coefficient (Wildman–Crippen LogP) is 3.32. The number of benzene rings is 1. The van der Waals surface area contributed by atoms with Crippen molar-refractivity contribution in [3.05, 3.63) is 35.4 Å². The summed E-state index contributed by atoms with van der Waals surface area (Å²) in [6, 6.07) is 9.94.